The lowest BCUT2D eigenvalue weighted by molar-refractivity contribution is -0.404. The van der Waals surface area contributed by atoms with Crippen molar-refractivity contribution in [2.45, 2.75) is 0 Å². The molecule has 0 bridgehead atoms. The molecule has 0 aliphatic rings. The van der Waals surface area contributed by atoms with Gasteiger partial charge in [0, 0.05) is 11.1 Å². The highest BCUT2D eigenvalue weighted by Crippen LogP contribution is 1.95. The minimum Gasteiger partial charge on any atom is -0.356 e. The Bertz CT molecular complexity index is 775. The Morgan fingerprint density at radius 1 is 0.880 bits per heavy atom. The molecule has 0 heterocycles. The topological polar surface area (TPSA) is 67.2 Å². The molecule has 0 aliphatic carbocycles. The van der Waals surface area contributed by atoms with Crippen LogP contribution in [0.25, 0.3) is 0 Å². The molecule has 0 aromatic heterocycles. The Morgan fingerprint density at radius 2 is 1.32 bits per heavy atom. The van der Waals surface area contributed by atoms with Crippen LogP contribution < -0.4 is 10.6 Å². The van der Waals surface area contributed by atoms with Crippen LogP contribution in [0, 0.1) is 33.8 Å². The van der Waals surface area contributed by atoms with E-state index in [-0.39, 0.29) is 18.9 Å². The van der Waals surface area contributed by atoms with E-state index in [0.717, 1.165) is 17.3 Å². The Labute approximate surface area is 146 Å². The summed E-state index contributed by atoms with van der Waals surface area (Å²) in [5, 5.41) is 16.5. The number of benzene rings is 2. The molecular formula is C20H17N3O2. The second-order valence-electron chi connectivity index (χ2n) is 4.87. The van der Waals surface area contributed by atoms with Crippen molar-refractivity contribution in [3.8, 4) is 23.7 Å². The van der Waals surface area contributed by atoms with Gasteiger partial charge < -0.3 is 10.6 Å². The Kier molecular flexibility index (Phi) is 7.16. The maximum atomic E-state index is 10.7. The van der Waals surface area contributed by atoms with Crippen molar-refractivity contribution in [1.82, 2.24) is 10.6 Å². The molecule has 0 radical (unpaired) electrons. The number of hydrogen-bond donors (Lipinski definition) is 2. The number of hydrogen-bond acceptors (Lipinski definition) is 4. The monoisotopic (exact) mass is 331 g/mol. The van der Waals surface area contributed by atoms with E-state index in [4.69, 9.17) is 0 Å². The second kappa shape index (κ2) is 10.1. The van der Waals surface area contributed by atoms with Gasteiger partial charge in [-0.25, -0.2) is 0 Å². The third-order valence-electron chi connectivity index (χ3n) is 2.98. The molecule has 5 heteroatoms. The Morgan fingerprint density at radius 3 is 1.72 bits per heavy atom. The van der Waals surface area contributed by atoms with Crippen LogP contribution in [0.15, 0.2) is 72.7 Å². The summed E-state index contributed by atoms with van der Waals surface area (Å²) in [5.74, 6) is 12.1. The lowest BCUT2D eigenvalue weighted by Crippen LogP contribution is -2.28. The van der Waals surface area contributed by atoms with E-state index in [0.29, 0.717) is 0 Å². The predicted molar refractivity (Wildman–Crippen MR) is 97.7 cm³/mol. The lowest BCUT2D eigenvalue weighted by atomic mass is 10.2. The highest BCUT2D eigenvalue weighted by atomic mass is 16.6. The minimum atomic E-state index is -0.523. The fourth-order valence-corrected chi connectivity index (χ4v) is 1.87. The highest BCUT2D eigenvalue weighted by molar-refractivity contribution is 5.34. The minimum absolute atomic E-state index is 0.273. The standard InChI is InChI=1S/C20H17N3O2/c24-23(25)17-20(21-15-7-13-18-9-3-1-4-10-18)22-16-8-14-19-11-5-2-6-12-19/h1-6,9-12,17,21-22H,15-16H2. The van der Waals surface area contributed by atoms with Crippen LogP contribution in [-0.2, 0) is 0 Å². The molecule has 0 saturated heterocycles. The van der Waals surface area contributed by atoms with Crippen molar-refractivity contribution >= 4 is 0 Å². The SMILES string of the molecule is O=[N+]([O-])C=C(NCC#Cc1ccccc1)NCC#Cc1ccccc1. The second-order valence-corrected chi connectivity index (χ2v) is 4.87. The fourth-order valence-electron chi connectivity index (χ4n) is 1.87. The van der Waals surface area contributed by atoms with Gasteiger partial charge in [0.2, 0.25) is 0 Å². The van der Waals surface area contributed by atoms with Gasteiger partial charge in [-0.3, -0.25) is 10.1 Å². The molecule has 2 aromatic carbocycles. The first-order valence-corrected chi connectivity index (χ1v) is 7.65. The number of nitro groups is 1. The zero-order valence-corrected chi connectivity index (χ0v) is 13.5. The molecule has 2 N–H and O–H groups in total. The predicted octanol–water partition coefficient (Wildman–Crippen LogP) is 2.34. The van der Waals surface area contributed by atoms with E-state index in [1.807, 2.05) is 60.7 Å². The zero-order valence-electron chi connectivity index (χ0n) is 13.5. The molecule has 2 aromatic rings. The van der Waals surface area contributed by atoms with Crippen LogP contribution in [0.1, 0.15) is 11.1 Å². The van der Waals surface area contributed by atoms with Gasteiger partial charge >= 0.3 is 0 Å². The molecule has 0 unspecified atom stereocenters. The quantitative estimate of drug-likeness (QED) is 0.501. The lowest BCUT2D eigenvalue weighted by Gasteiger charge is -2.05. The molecule has 0 fully saturated rings. The summed E-state index contributed by atoms with van der Waals surface area (Å²) in [7, 11) is 0. The van der Waals surface area contributed by atoms with Crippen molar-refractivity contribution in [1.29, 1.82) is 0 Å². The third-order valence-corrected chi connectivity index (χ3v) is 2.98. The summed E-state index contributed by atoms with van der Waals surface area (Å²) in [4.78, 5) is 10.2. The zero-order chi connectivity index (χ0) is 17.7. The number of nitrogens with zero attached hydrogens (tertiary/aromatic N) is 1. The summed E-state index contributed by atoms with van der Waals surface area (Å²) in [6.45, 7) is 0.571. The molecule has 2 rings (SSSR count). The van der Waals surface area contributed by atoms with Gasteiger partial charge in [-0.05, 0) is 24.3 Å². The maximum absolute atomic E-state index is 10.7. The van der Waals surface area contributed by atoms with Crippen LogP contribution >= 0.6 is 0 Å². The molecule has 0 aliphatic heterocycles. The molecular weight excluding hydrogens is 314 g/mol. The first-order chi connectivity index (χ1) is 12.2. The molecule has 0 amide bonds. The molecule has 0 saturated carbocycles. The first-order valence-electron chi connectivity index (χ1n) is 7.65. The number of rotatable bonds is 5. The van der Waals surface area contributed by atoms with Crippen molar-refractivity contribution in [2.24, 2.45) is 0 Å². The van der Waals surface area contributed by atoms with Crippen LogP contribution in [0.2, 0.25) is 0 Å². The van der Waals surface area contributed by atoms with Crippen LogP contribution in [0.5, 0.6) is 0 Å². The first kappa shape index (κ1) is 17.7. The van der Waals surface area contributed by atoms with E-state index in [1.165, 1.54) is 0 Å². The van der Waals surface area contributed by atoms with Gasteiger partial charge in [0.05, 0.1) is 18.0 Å². The normalized spacial score (nSPS) is 8.80. The van der Waals surface area contributed by atoms with Crippen molar-refractivity contribution < 1.29 is 4.92 Å². The Hall–Kier alpha value is -3.70. The largest absolute Gasteiger partial charge is 0.356 e. The van der Waals surface area contributed by atoms with Crippen molar-refractivity contribution in [2.75, 3.05) is 13.1 Å². The van der Waals surface area contributed by atoms with E-state index < -0.39 is 4.92 Å². The Balaban J connectivity index is 1.86. The van der Waals surface area contributed by atoms with Crippen molar-refractivity contribution in [3.63, 3.8) is 0 Å². The fraction of sp³-hybridized carbons (Fsp3) is 0.100. The summed E-state index contributed by atoms with van der Waals surface area (Å²) in [6, 6.07) is 19.1. The summed E-state index contributed by atoms with van der Waals surface area (Å²) in [5.41, 5.74) is 1.79. The smallest absolute Gasteiger partial charge is 0.274 e. The molecule has 0 atom stereocenters. The maximum Gasteiger partial charge on any atom is 0.274 e. The average molecular weight is 331 g/mol. The molecule has 124 valence electrons. The van der Waals surface area contributed by atoms with Crippen LogP contribution in [0.4, 0.5) is 0 Å². The van der Waals surface area contributed by atoms with Crippen molar-refractivity contribution in [3.05, 3.63) is 93.9 Å². The van der Waals surface area contributed by atoms with Gasteiger partial charge in [-0.1, -0.05) is 60.1 Å². The molecule has 25 heavy (non-hydrogen) atoms. The van der Waals surface area contributed by atoms with Crippen LogP contribution in [0.3, 0.4) is 0 Å². The summed E-state index contributed by atoms with van der Waals surface area (Å²) in [6.07, 6.45) is 0.869. The summed E-state index contributed by atoms with van der Waals surface area (Å²) >= 11 is 0. The van der Waals surface area contributed by atoms with Gasteiger partial charge in [0.25, 0.3) is 6.20 Å². The molecule has 5 nitrogen and oxygen atoms in total. The van der Waals surface area contributed by atoms with Gasteiger partial charge in [0.15, 0.2) is 5.82 Å². The third kappa shape index (κ3) is 7.40. The highest BCUT2D eigenvalue weighted by Gasteiger charge is 1.99. The van der Waals surface area contributed by atoms with Gasteiger partial charge in [-0.2, -0.15) is 0 Å². The average Bonchev–Trinajstić information content (AvgIpc) is 2.63. The van der Waals surface area contributed by atoms with Gasteiger partial charge in [0.1, 0.15) is 0 Å². The van der Waals surface area contributed by atoms with E-state index in [1.54, 1.807) is 0 Å². The van der Waals surface area contributed by atoms with Crippen LogP contribution in [-0.4, -0.2) is 18.0 Å². The number of nitrogens with one attached hydrogen (secondary N) is 2. The van der Waals surface area contributed by atoms with Gasteiger partial charge in [-0.15, -0.1) is 0 Å². The van der Waals surface area contributed by atoms with E-state index in [9.17, 15) is 10.1 Å². The van der Waals surface area contributed by atoms with E-state index >= 15 is 0 Å². The summed E-state index contributed by atoms with van der Waals surface area (Å²) < 4.78 is 0. The molecule has 0 spiro atoms. The van der Waals surface area contributed by atoms with E-state index in [2.05, 4.69) is 34.3 Å².